The maximum atomic E-state index is 13.5. The number of nitrogens with one attached hydrogen (secondary N) is 2. The van der Waals surface area contributed by atoms with E-state index in [2.05, 4.69) is 15.3 Å². The molecule has 0 aliphatic rings. The third-order valence-corrected chi connectivity index (χ3v) is 2.83. The summed E-state index contributed by atoms with van der Waals surface area (Å²) >= 11 is 0. The van der Waals surface area contributed by atoms with Crippen molar-refractivity contribution in [2.45, 2.75) is 19.4 Å². The minimum atomic E-state index is -0.517. The van der Waals surface area contributed by atoms with E-state index >= 15 is 0 Å². The fraction of sp³-hybridized carbons (Fsp3) is 0.308. The van der Waals surface area contributed by atoms with Crippen molar-refractivity contribution in [2.24, 2.45) is 0 Å². The molecule has 0 aliphatic heterocycles. The van der Waals surface area contributed by atoms with Crippen molar-refractivity contribution < 1.29 is 8.78 Å². The number of hydrogen-bond acceptors (Lipinski definition) is 2. The molecule has 0 saturated heterocycles. The lowest BCUT2D eigenvalue weighted by Gasteiger charge is -2.15. The Balaban J connectivity index is 1.93. The van der Waals surface area contributed by atoms with Crippen LogP contribution in [0, 0.1) is 11.6 Å². The van der Waals surface area contributed by atoms with E-state index in [1.165, 1.54) is 18.2 Å². The van der Waals surface area contributed by atoms with Crippen molar-refractivity contribution in [3.8, 4) is 0 Å². The molecule has 18 heavy (non-hydrogen) atoms. The molecule has 1 heterocycles. The Morgan fingerprint density at radius 3 is 2.67 bits per heavy atom. The molecule has 0 bridgehead atoms. The first-order valence-corrected chi connectivity index (χ1v) is 5.83. The largest absolute Gasteiger partial charge is 0.348 e. The maximum Gasteiger partial charge on any atom is 0.130 e. The fourth-order valence-corrected chi connectivity index (χ4v) is 1.87. The topological polar surface area (TPSA) is 40.7 Å². The fourth-order valence-electron chi connectivity index (χ4n) is 1.87. The Morgan fingerprint density at radius 2 is 2.06 bits per heavy atom. The summed E-state index contributed by atoms with van der Waals surface area (Å²) in [6.45, 7) is 2.37. The number of aromatic amines is 1. The standard InChI is InChI=1S/C13H15F2N3/c1-9(13-11(14)3-2-4-12(13)15)17-6-5-10-7-16-8-18-10/h2-4,7-9,17H,5-6H2,1H3,(H,16,18). The third-order valence-electron chi connectivity index (χ3n) is 2.83. The first-order valence-electron chi connectivity index (χ1n) is 5.83. The molecule has 2 rings (SSSR count). The number of rotatable bonds is 5. The summed E-state index contributed by atoms with van der Waals surface area (Å²) < 4.78 is 27.0. The van der Waals surface area contributed by atoms with Crippen LogP contribution in [0.1, 0.15) is 24.2 Å². The Morgan fingerprint density at radius 1 is 1.33 bits per heavy atom. The second kappa shape index (κ2) is 5.73. The number of H-pyrrole nitrogens is 1. The lowest BCUT2D eigenvalue weighted by atomic mass is 10.1. The monoisotopic (exact) mass is 251 g/mol. The Bertz CT molecular complexity index is 477. The molecule has 0 spiro atoms. The molecule has 96 valence electrons. The van der Waals surface area contributed by atoms with Crippen LogP contribution in [0.3, 0.4) is 0 Å². The molecule has 1 aromatic carbocycles. The molecule has 0 aliphatic carbocycles. The quantitative estimate of drug-likeness (QED) is 0.857. The van der Waals surface area contributed by atoms with Crippen LogP contribution < -0.4 is 5.32 Å². The van der Waals surface area contributed by atoms with Gasteiger partial charge >= 0.3 is 0 Å². The van der Waals surface area contributed by atoms with E-state index < -0.39 is 11.6 Å². The summed E-state index contributed by atoms with van der Waals surface area (Å²) in [7, 11) is 0. The molecule has 1 atom stereocenters. The Labute approximate surface area is 104 Å². The molecular formula is C13H15F2N3. The molecule has 1 unspecified atom stereocenters. The van der Waals surface area contributed by atoms with E-state index in [0.717, 1.165) is 12.1 Å². The van der Waals surface area contributed by atoms with Gasteiger partial charge in [-0.1, -0.05) is 6.07 Å². The van der Waals surface area contributed by atoms with E-state index in [1.54, 1.807) is 19.4 Å². The summed E-state index contributed by atoms with van der Waals surface area (Å²) in [4.78, 5) is 6.88. The van der Waals surface area contributed by atoms with Crippen molar-refractivity contribution in [2.75, 3.05) is 6.54 Å². The van der Waals surface area contributed by atoms with Gasteiger partial charge in [-0.05, 0) is 19.1 Å². The average molecular weight is 251 g/mol. The first-order chi connectivity index (χ1) is 8.68. The smallest absolute Gasteiger partial charge is 0.130 e. The average Bonchev–Trinajstić information content (AvgIpc) is 2.82. The van der Waals surface area contributed by atoms with Crippen molar-refractivity contribution >= 4 is 0 Å². The molecule has 2 N–H and O–H groups in total. The highest BCUT2D eigenvalue weighted by Gasteiger charge is 2.14. The molecule has 5 heteroatoms. The van der Waals surface area contributed by atoms with Crippen molar-refractivity contribution in [3.05, 3.63) is 53.6 Å². The zero-order chi connectivity index (χ0) is 13.0. The van der Waals surface area contributed by atoms with Gasteiger partial charge in [-0.2, -0.15) is 0 Å². The minimum Gasteiger partial charge on any atom is -0.348 e. The highest BCUT2D eigenvalue weighted by molar-refractivity contribution is 5.22. The molecule has 0 fully saturated rings. The highest BCUT2D eigenvalue weighted by atomic mass is 19.1. The van der Waals surface area contributed by atoms with Crippen molar-refractivity contribution in [1.82, 2.24) is 15.3 Å². The lowest BCUT2D eigenvalue weighted by molar-refractivity contribution is 0.489. The molecule has 3 nitrogen and oxygen atoms in total. The minimum absolute atomic E-state index is 0.0853. The first kappa shape index (κ1) is 12.7. The van der Waals surface area contributed by atoms with Crippen LogP contribution in [-0.4, -0.2) is 16.5 Å². The van der Waals surface area contributed by atoms with E-state index in [4.69, 9.17) is 0 Å². The van der Waals surface area contributed by atoms with Gasteiger partial charge in [0.2, 0.25) is 0 Å². The summed E-state index contributed by atoms with van der Waals surface area (Å²) in [5.41, 5.74) is 1.07. The van der Waals surface area contributed by atoms with Gasteiger partial charge in [0, 0.05) is 36.5 Å². The van der Waals surface area contributed by atoms with Gasteiger partial charge in [0.05, 0.1) is 6.33 Å². The molecule has 2 aromatic rings. The van der Waals surface area contributed by atoms with E-state index in [1.807, 2.05) is 0 Å². The second-order valence-electron chi connectivity index (χ2n) is 4.14. The lowest BCUT2D eigenvalue weighted by Crippen LogP contribution is -2.23. The molecule has 0 radical (unpaired) electrons. The zero-order valence-corrected chi connectivity index (χ0v) is 10.1. The van der Waals surface area contributed by atoms with Crippen molar-refractivity contribution in [1.29, 1.82) is 0 Å². The molecule has 1 aromatic heterocycles. The highest BCUT2D eigenvalue weighted by Crippen LogP contribution is 2.19. The van der Waals surface area contributed by atoms with E-state index in [9.17, 15) is 8.78 Å². The van der Waals surface area contributed by atoms with Crippen LogP contribution in [0.4, 0.5) is 8.78 Å². The van der Waals surface area contributed by atoms with Gasteiger partial charge in [0.1, 0.15) is 11.6 Å². The van der Waals surface area contributed by atoms with Gasteiger partial charge in [-0.3, -0.25) is 0 Å². The molecule has 0 amide bonds. The second-order valence-corrected chi connectivity index (χ2v) is 4.14. The van der Waals surface area contributed by atoms with Gasteiger partial charge in [0.25, 0.3) is 0 Å². The number of benzene rings is 1. The van der Waals surface area contributed by atoms with Crippen LogP contribution in [-0.2, 0) is 6.42 Å². The third kappa shape index (κ3) is 2.92. The van der Waals surface area contributed by atoms with E-state index in [0.29, 0.717) is 6.54 Å². The summed E-state index contributed by atoms with van der Waals surface area (Å²) in [5, 5.41) is 3.09. The van der Waals surface area contributed by atoms with Gasteiger partial charge in [-0.15, -0.1) is 0 Å². The number of aromatic nitrogens is 2. The SMILES string of the molecule is CC(NCCc1cnc[nH]1)c1c(F)cccc1F. The maximum absolute atomic E-state index is 13.5. The Hall–Kier alpha value is -1.75. The number of imidazole rings is 1. The van der Waals surface area contributed by atoms with Crippen molar-refractivity contribution in [3.63, 3.8) is 0 Å². The van der Waals surface area contributed by atoms with Gasteiger partial charge in [0.15, 0.2) is 0 Å². The van der Waals surface area contributed by atoms with Crippen LogP contribution in [0.5, 0.6) is 0 Å². The van der Waals surface area contributed by atoms with Gasteiger partial charge in [-0.25, -0.2) is 13.8 Å². The number of halogens is 2. The molecule has 0 saturated carbocycles. The van der Waals surface area contributed by atoms with Gasteiger partial charge < -0.3 is 10.3 Å². The summed E-state index contributed by atoms with van der Waals surface area (Å²) in [6.07, 6.45) is 4.08. The summed E-state index contributed by atoms with van der Waals surface area (Å²) in [5.74, 6) is -1.03. The van der Waals surface area contributed by atoms with Crippen LogP contribution in [0.25, 0.3) is 0 Å². The van der Waals surface area contributed by atoms with Crippen LogP contribution >= 0.6 is 0 Å². The molecular weight excluding hydrogens is 236 g/mol. The normalized spacial score (nSPS) is 12.6. The predicted molar refractivity (Wildman–Crippen MR) is 65.1 cm³/mol. The number of nitrogens with zero attached hydrogens (tertiary/aromatic N) is 1. The van der Waals surface area contributed by atoms with Crippen LogP contribution in [0.2, 0.25) is 0 Å². The predicted octanol–water partition coefficient (Wildman–Crippen LogP) is 2.58. The number of hydrogen-bond donors (Lipinski definition) is 2. The summed E-state index contributed by atoms with van der Waals surface area (Å²) in [6, 6.07) is 3.54. The zero-order valence-electron chi connectivity index (χ0n) is 10.1. The van der Waals surface area contributed by atoms with E-state index in [-0.39, 0.29) is 11.6 Å². The van der Waals surface area contributed by atoms with Crippen LogP contribution in [0.15, 0.2) is 30.7 Å². The Kier molecular flexibility index (Phi) is 4.04.